The van der Waals surface area contributed by atoms with Crippen molar-refractivity contribution in [3.05, 3.63) is 59.7 Å². The van der Waals surface area contributed by atoms with Gasteiger partial charge in [-0.2, -0.15) is 0 Å². The number of para-hydroxylation sites is 1. The zero-order valence-corrected chi connectivity index (χ0v) is 12.9. The van der Waals surface area contributed by atoms with Gasteiger partial charge in [-0.1, -0.05) is 24.3 Å². The number of nitrogens with one attached hydrogen (secondary N) is 1. The normalized spacial score (nSPS) is 16.8. The van der Waals surface area contributed by atoms with E-state index < -0.39 is 0 Å². The van der Waals surface area contributed by atoms with Crippen LogP contribution in [0.4, 0.5) is 10.5 Å². The van der Waals surface area contributed by atoms with Gasteiger partial charge in [0.2, 0.25) is 0 Å². The lowest BCUT2D eigenvalue weighted by Crippen LogP contribution is -2.41. The molecule has 0 fully saturated rings. The van der Waals surface area contributed by atoms with E-state index in [1.54, 1.807) is 7.11 Å². The Kier molecular flexibility index (Phi) is 4.00. The minimum Gasteiger partial charge on any atom is -0.497 e. The third kappa shape index (κ3) is 2.77. The van der Waals surface area contributed by atoms with Crippen molar-refractivity contribution >= 4 is 11.7 Å². The van der Waals surface area contributed by atoms with Crippen LogP contribution >= 0.6 is 0 Å². The van der Waals surface area contributed by atoms with Gasteiger partial charge in [0.05, 0.1) is 13.2 Å². The fourth-order valence-electron chi connectivity index (χ4n) is 2.93. The summed E-state index contributed by atoms with van der Waals surface area (Å²) < 4.78 is 5.28. The van der Waals surface area contributed by atoms with E-state index in [1.165, 1.54) is 11.1 Å². The molecule has 0 radical (unpaired) electrons. The number of anilines is 1. The Hall–Kier alpha value is -2.49. The molecule has 4 nitrogen and oxygen atoms in total. The maximum Gasteiger partial charge on any atom is 0.322 e. The first-order valence-corrected chi connectivity index (χ1v) is 7.48. The Morgan fingerprint density at radius 1 is 1.23 bits per heavy atom. The molecule has 1 heterocycles. The number of hydrogen-bond acceptors (Lipinski definition) is 2. The summed E-state index contributed by atoms with van der Waals surface area (Å²) in [6.45, 7) is 2.77. The number of carbonyl (C=O) groups excluding carboxylic acids is 1. The van der Waals surface area contributed by atoms with Crippen LogP contribution in [0.25, 0.3) is 0 Å². The molecule has 0 bridgehead atoms. The molecule has 1 unspecified atom stereocenters. The molecule has 1 aliphatic rings. The highest BCUT2D eigenvalue weighted by Gasteiger charge is 2.27. The lowest BCUT2D eigenvalue weighted by atomic mass is 9.93. The first-order valence-electron chi connectivity index (χ1n) is 7.48. The molecule has 22 heavy (non-hydrogen) atoms. The van der Waals surface area contributed by atoms with Crippen molar-refractivity contribution in [2.24, 2.45) is 0 Å². The van der Waals surface area contributed by atoms with E-state index in [4.69, 9.17) is 4.74 Å². The number of urea groups is 1. The fraction of sp³-hybridized carbons (Fsp3) is 0.278. The van der Waals surface area contributed by atoms with Gasteiger partial charge in [-0.25, -0.2) is 4.79 Å². The minimum absolute atomic E-state index is 0.0540. The van der Waals surface area contributed by atoms with E-state index >= 15 is 0 Å². The van der Waals surface area contributed by atoms with Crippen molar-refractivity contribution in [3.8, 4) is 5.75 Å². The maximum atomic E-state index is 12.5. The van der Waals surface area contributed by atoms with E-state index in [1.807, 2.05) is 41.3 Å². The summed E-state index contributed by atoms with van der Waals surface area (Å²) in [6, 6.07) is 15.6. The van der Waals surface area contributed by atoms with Crippen LogP contribution in [0.3, 0.4) is 0 Å². The number of fused-ring (bicyclic) bond motifs is 1. The first kappa shape index (κ1) is 14.4. The third-order valence-corrected chi connectivity index (χ3v) is 4.18. The second-order valence-electron chi connectivity index (χ2n) is 5.48. The molecule has 1 atom stereocenters. The van der Waals surface area contributed by atoms with Gasteiger partial charge >= 0.3 is 6.03 Å². The summed E-state index contributed by atoms with van der Waals surface area (Å²) in [5.74, 6) is 0.869. The Bertz CT molecular complexity index is 670. The number of carbonyl (C=O) groups is 1. The third-order valence-electron chi connectivity index (χ3n) is 4.18. The number of methoxy groups -OCH3 is 1. The molecule has 0 saturated carbocycles. The molecule has 4 heteroatoms. The molecule has 0 spiro atoms. The molecule has 0 aliphatic carbocycles. The van der Waals surface area contributed by atoms with Crippen LogP contribution in [0.5, 0.6) is 5.75 Å². The standard InChI is InChI=1S/C18H20N2O2/c1-13-17-9-8-16(22-2)12-14(17)10-11-20(13)18(21)19-15-6-4-3-5-7-15/h3-9,12-13H,10-11H2,1-2H3,(H,19,21). The largest absolute Gasteiger partial charge is 0.497 e. The lowest BCUT2D eigenvalue weighted by molar-refractivity contribution is 0.188. The minimum atomic E-state index is -0.0554. The van der Waals surface area contributed by atoms with Gasteiger partial charge in [0.25, 0.3) is 0 Å². The van der Waals surface area contributed by atoms with Crippen LogP contribution in [0, 0.1) is 0 Å². The van der Waals surface area contributed by atoms with Gasteiger partial charge < -0.3 is 15.0 Å². The van der Waals surface area contributed by atoms with Crippen molar-refractivity contribution in [3.63, 3.8) is 0 Å². The van der Waals surface area contributed by atoms with Gasteiger partial charge in [-0.05, 0) is 48.7 Å². The van der Waals surface area contributed by atoms with Gasteiger partial charge in [-0.15, -0.1) is 0 Å². The van der Waals surface area contributed by atoms with E-state index in [0.717, 1.165) is 17.9 Å². The van der Waals surface area contributed by atoms with Crippen LogP contribution in [-0.4, -0.2) is 24.6 Å². The quantitative estimate of drug-likeness (QED) is 0.914. The molecule has 1 N–H and O–H groups in total. The number of ether oxygens (including phenoxy) is 1. The molecular formula is C18H20N2O2. The zero-order chi connectivity index (χ0) is 15.5. The van der Waals surface area contributed by atoms with E-state index in [9.17, 15) is 4.79 Å². The molecule has 2 amide bonds. The van der Waals surface area contributed by atoms with Gasteiger partial charge in [0.15, 0.2) is 0 Å². The van der Waals surface area contributed by atoms with Crippen molar-refractivity contribution in [2.45, 2.75) is 19.4 Å². The maximum absolute atomic E-state index is 12.5. The first-order chi connectivity index (χ1) is 10.7. The van der Waals surface area contributed by atoms with Crippen molar-refractivity contribution in [1.82, 2.24) is 4.90 Å². The highest BCUT2D eigenvalue weighted by atomic mass is 16.5. The van der Waals surface area contributed by atoms with Crippen molar-refractivity contribution in [2.75, 3.05) is 19.0 Å². The average molecular weight is 296 g/mol. The molecule has 2 aromatic rings. The second-order valence-corrected chi connectivity index (χ2v) is 5.48. The Morgan fingerprint density at radius 2 is 2.00 bits per heavy atom. The highest BCUT2D eigenvalue weighted by Crippen LogP contribution is 2.32. The topological polar surface area (TPSA) is 41.6 Å². The Balaban J connectivity index is 1.77. The zero-order valence-electron chi connectivity index (χ0n) is 12.9. The number of benzene rings is 2. The average Bonchev–Trinajstić information content (AvgIpc) is 2.55. The molecule has 1 aliphatic heterocycles. The number of nitrogens with zero attached hydrogens (tertiary/aromatic N) is 1. The highest BCUT2D eigenvalue weighted by molar-refractivity contribution is 5.89. The predicted molar refractivity (Wildman–Crippen MR) is 87.3 cm³/mol. The molecule has 2 aromatic carbocycles. The predicted octanol–water partition coefficient (Wildman–Crippen LogP) is 3.85. The van der Waals surface area contributed by atoms with Gasteiger partial charge in [0, 0.05) is 12.2 Å². The number of rotatable bonds is 2. The van der Waals surface area contributed by atoms with Gasteiger partial charge in [-0.3, -0.25) is 0 Å². The molecule has 114 valence electrons. The van der Waals surface area contributed by atoms with Crippen molar-refractivity contribution < 1.29 is 9.53 Å². The fourth-order valence-corrected chi connectivity index (χ4v) is 2.93. The van der Waals surface area contributed by atoms with Gasteiger partial charge in [0.1, 0.15) is 5.75 Å². The van der Waals surface area contributed by atoms with Crippen molar-refractivity contribution in [1.29, 1.82) is 0 Å². The lowest BCUT2D eigenvalue weighted by Gasteiger charge is -2.35. The summed E-state index contributed by atoms with van der Waals surface area (Å²) in [6.07, 6.45) is 0.846. The monoisotopic (exact) mass is 296 g/mol. The second kappa shape index (κ2) is 6.10. The summed E-state index contributed by atoms with van der Waals surface area (Å²) in [5.41, 5.74) is 3.27. The summed E-state index contributed by atoms with van der Waals surface area (Å²) in [5, 5.41) is 2.96. The van der Waals surface area contributed by atoms with Crippen LogP contribution in [-0.2, 0) is 6.42 Å². The molecule has 0 aromatic heterocycles. The summed E-state index contributed by atoms with van der Waals surface area (Å²) in [4.78, 5) is 14.4. The SMILES string of the molecule is COc1ccc2c(c1)CCN(C(=O)Nc1ccccc1)C2C. The number of amides is 2. The van der Waals surface area contributed by atoms with E-state index in [2.05, 4.69) is 24.4 Å². The van der Waals surface area contributed by atoms with E-state index in [0.29, 0.717) is 6.54 Å². The molecular weight excluding hydrogens is 276 g/mol. The Morgan fingerprint density at radius 3 is 2.73 bits per heavy atom. The summed E-state index contributed by atoms with van der Waals surface area (Å²) in [7, 11) is 1.67. The molecule has 0 saturated heterocycles. The van der Waals surface area contributed by atoms with Crippen LogP contribution in [0.2, 0.25) is 0 Å². The van der Waals surface area contributed by atoms with Crippen LogP contribution in [0.15, 0.2) is 48.5 Å². The Labute approximate surface area is 130 Å². The smallest absolute Gasteiger partial charge is 0.322 e. The number of hydrogen-bond donors (Lipinski definition) is 1. The van der Waals surface area contributed by atoms with Crippen LogP contribution < -0.4 is 10.1 Å². The molecule has 3 rings (SSSR count). The summed E-state index contributed by atoms with van der Waals surface area (Å²) >= 11 is 0. The van der Waals surface area contributed by atoms with Crippen LogP contribution in [0.1, 0.15) is 24.1 Å². The van der Waals surface area contributed by atoms with E-state index in [-0.39, 0.29) is 12.1 Å².